The minimum absolute atomic E-state index is 0.0378. The van der Waals surface area contributed by atoms with E-state index in [2.05, 4.69) is 0 Å². The van der Waals surface area contributed by atoms with Crippen LogP contribution in [-0.2, 0) is 17.8 Å². The maximum atomic E-state index is 13.6. The second-order valence-electron chi connectivity index (χ2n) is 9.26. The molecule has 0 spiro atoms. The lowest BCUT2D eigenvalue weighted by Gasteiger charge is -2.36. The normalized spacial score (nSPS) is 11.1. The fourth-order valence-electron chi connectivity index (χ4n) is 3.77. The van der Waals surface area contributed by atoms with Crippen LogP contribution in [0.4, 0.5) is 0 Å². The summed E-state index contributed by atoms with van der Waals surface area (Å²) in [6.07, 6.45) is 2.20. The van der Waals surface area contributed by atoms with Crippen molar-refractivity contribution in [1.82, 2.24) is 9.80 Å². The van der Waals surface area contributed by atoms with Gasteiger partial charge in [0.15, 0.2) is 11.5 Å². The van der Waals surface area contributed by atoms with E-state index in [9.17, 15) is 9.59 Å². The fourth-order valence-corrected chi connectivity index (χ4v) is 3.77. The first-order valence-electron chi connectivity index (χ1n) is 11.6. The third kappa shape index (κ3) is 6.88. The van der Waals surface area contributed by atoms with Gasteiger partial charge in [0.2, 0.25) is 5.91 Å². The van der Waals surface area contributed by atoms with Crippen molar-refractivity contribution >= 4 is 11.8 Å². The number of methoxy groups -OCH3 is 2. The van der Waals surface area contributed by atoms with Crippen molar-refractivity contribution in [3.8, 4) is 11.5 Å². The van der Waals surface area contributed by atoms with Gasteiger partial charge in [0.1, 0.15) is 12.3 Å². The Morgan fingerprint density at radius 3 is 2.23 bits per heavy atom. The number of furan rings is 1. The molecule has 2 amide bonds. The number of nitrogens with zero attached hydrogens (tertiary/aromatic N) is 2. The zero-order valence-corrected chi connectivity index (χ0v) is 21.1. The molecular formula is C28H34N2O5. The number of benzene rings is 2. The molecule has 0 bridgehead atoms. The fraction of sp³-hybridized carbons (Fsp3) is 0.357. The van der Waals surface area contributed by atoms with E-state index >= 15 is 0 Å². The Morgan fingerprint density at radius 2 is 1.63 bits per heavy atom. The number of hydrogen-bond acceptors (Lipinski definition) is 5. The zero-order chi connectivity index (χ0) is 25.4. The van der Waals surface area contributed by atoms with Crippen molar-refractivity contribution in [1.29, 1.82) is 0 Å². The van der Waals surface area contributed by atoms with Gasteiger partial charge in [-0.15, -0.1) is 0 Å². The Morgan fingerprint density at radius 1 is 0.914 bits per heavy atom. The highest BCUT2D eigenvalue weighted by Gasteiger charge is 2.31. The lowest BCUT2D eigenvalue weighted by atomic mass is 10.0. The molecular weight excluding hydrogens is 444 g/mol. The molecule has 0 unspecified atom stereocenters. The third-order valence-electron chi connectivity index (χ3n) is 5.77. The third-order valence-corrected chi connectivity index (χ3v) is 5.77. The Bertz CT molecular complexity index is 1100. The second kappa shape index (κ2) is 11.6. The lowest BCUT2D eigenvalue weighted by molar-refractivity contribution is -0.133. The highest BCUT2D eigenvalue weighted by atomic mass is 16.5. The summed E-state index contributed by atoms with van der Waals surface area (Å²) in [4.78, 5) is 30.2. The predicted molar refractivity (Wildman–Crippen MR) is 135 cm³/mol. The van der Waals surface area contributed by atoms with Gasteiger partial charge in [-0.05, 0) is 69.2 Å². The summed E-state index contributed by atoms with van der Waals surface area (Å²) in [5.74, 6) is 1.65. The molecule has 0 saturated heterocycles. The van der Waals surface area contributed by atoms with Crippen molar-refractivity contribution in [3.05, 3.63) is 83.8 Å². The molecule has 0 aliphatic rings. The van der Waals surface area contributed by atoms with Crippen LogP contribution >= 0.6 is 0 Å². The second-order valence-corrected chi connectivity index (χ2v) is 9.26. The SMILES string of the molecule is COc1ccc(CCN(Cc2ccco2)C(=O)CN(C(=O)c2ccccc2)C(C)(C)C)cc1OC. The van der Waals surface area contributed by atoms with Crippen LogP contribution in [-0.4, -0.2) is 54.5 Å². The molecule has 1 heterocycles. The van der Waals surface area contributed by atoms with Crippen LogP contribution in [0.3, 0.4) is 0 Å². The van der Waals surface area contributed by atoms with Crippen LogP contribution < -0.4 is 9.47 Å². The molecule has 0 fully saturated rings. The van der Waals surface area contributed by atoms with Gasteiger partial charge in [-0.25, -0.2) is 0 Å². The summed E-state index contributed by atoms with van der Waals surface area (Å²) in [7, 11) is 3.19. The van der Waals surface area contributed by atoms with E-state index in [1.54, 1.807) is 48.5 Å². The molecule has 0 N–H and O–H groups in total. The van der Waals surface area contributed by atoms with E-state index in [0.29, 0.717) is 42.3 Å². The van der Waals surface area contributed by atoms with E-state index in [4.69, 9.17) is 13.9 Å². The number of carbonyl (C=O) groups excluding carboxylic acids is 2. The molecule has 35 heavy (non-hydrogen) atoms. The van der Waals surface area contributed by atoms with Crippen LogP contribution in [0.5, 0.6) is 11.5 Å². The maximum absolute atomic E-state index is 13.6. The summed E-state index contributed by atoms with van der Waals surface area (Å²) in [5, 5.41) is 0. The van der Waals surface area contributed by atoms with E-state index in [0.717, 1.165) is 5.56 Å². The lowest BCUT2D eigenvalue weighted by Crippen LogP contribution is -2.51. The smallest absolute Gasteiger partial charge is 0.254 e. The van der Waals surface area contributed by atoms with Crippen LogP contribution in [0.25, 0.3) is 0 Å². The molecule has 1 aromatic heterocycles. The quantitative estimate of drug-likeness (QED) is 0.418. The number of amides is 2. The molecule has 186 valence electrons. The van der Waals surface area contributed by atoms with Crippen LogP contribution in [0.2, 0.25) is 0 Å². The molecule has 3 rings (SSSR count). The molecule has 0 atom stereocenters. The maximum Gasteiger partial charge on any atom is 0.254 e. The van der Waals surface area contributed by atoms with Crippen molar-refractivity contribution < 1.29 is 23.5 Å². The number of carbonyl (C=O) groups is 2. The van der Waals surface area contributed by atoms with E-state index in [-0.39, 0.29) is 18.4 Å². The average molecular weight is 479 g/mol. The highest BCUT2D eigenvalue weighted by Crippen LogP contribution is 2.28. The topological polar surface area (TPSA) is 72.2 Å². The van der Waals surface area contributed by atoms with Crippen LogP contribution in [0.15, 0.2) is 71.3 Å². The van der Waals surface area contributed by atoms with Gasteiger partial charge in [0.25, 0.3) is 5.91 Å². The minimum Gasteiger partial charge on any atom is -0.493 e. The van der Waals surface area contributed by atoms with E-state index in [1.165, 1.54) is 0 Å². The van der Waals surface area contributed by atoms with Crippen molar-refractivity contribution in [3.63, 3.8) is 0 Å². The van der Waals surface area contributed by atoms with Gasteiger partial charge in [0, 0.05) is 17.6 Å². The number of ether oxygens (including phenoxy) is 2. The molecule has 0 aliphatic carbocycles. The van der Waals surface area contributed by atoms with E-state index in [1.807, 2.05) is 63.2 Å². The minimum atomic E-state index is -0.539. The Kier molecular flexibility index (Phi) is 8.58. The Labute approximate surface area is 207 Å². The number of hydrogen-bond donors (Lipinski definition) is 0. The molecule has 7 nitrogen and oxygen atoms in total. The summed E-state index contributed by atoms with van der Waals surface area (Å²) in [6, 6.07) is 18.4. The first-order chi connectivity index (χ1) is 16.7. The Balaban J connectivity index is 1.80. The summed E-state index contributed by atoms with van der Waals surface area (Å²) < 4.78 is 16.2. The van der Waals surface area contributed by atoms with Gasteiger partial charge in [0.05, 0.1) is 27.0 Å². The monoisotopic (exact) mass is 478 g/mol. The van der Waals surface area contributed by atoms with Crippen LogP contribution in [0.1, 0.15) is 42.5 Å². The zero-order valence-electron chi connectivity index (χ0n) is 21.1. The molecule has 0 radical (unpaired) electrons. The van der Waals surface area contributed by atoms with E-state index < -0.39 is 5.54 Å². The Hall–Kier alpha value is -3.74. The van der Waals surface area contributed by atoms with Gasteiger partial charge < -0.3 is 23.7 Å². The average Bonchev–Trinajstić information content (AvgIpc) is 3.37. The molecule has 0 saturated carbocycles. The van der Waals surface area contributed by atoms with Crippen molar-refractivity contribution in [2.75, 3.05) is 27.3 Å². The highest BCUT2D eigenvalue weighted by molar-refractivity contribution is 5.97. The summed E-state index contributed by atoms with van der Waals surface area (Å²) in [5.41, 5.74) is 1.02. The molecule has 2 aromatic carbocycles. The van der Waals surface area contributed by atoms with Crippen LogP contribution in [0, 0.1) is 0 Å². The van der Waals surface area contributed by atoms with Gasteiger partial charge >= 0.3 is 0 Å². The largest absolute Gasteiger partial charge is 0.493 e. The van der Waals surface area contributed by atoms with Crippen molar-refractivity contribution in [2.45, 2.75) is 39.3 Å². The molecule has 3 aromatic rings. The predicted octanol–water partition coefficient (Wildman–Crippen LogP) is 4.81. The van der Waals surface area contributed by atoms with Gasteiger partial charge in [-0.1, -0.05) is 24.3 Å². The van der Waals surface area contributed by atoms with Gasteiger partial charge in [-0.2, -0.15) is 0 Å². The van der Waals surface area contributed by atoms with Crippen molar-refractivity contribution in [2.24, 2.45) is 0 Å². The first kappa shape index (κ1) is 25.9. The molecule has 0 aliphatic heterocycles. The molecule has 7 heteroatoms. The number of rotatable bonds is 10. The summed E-state index contributed by atoms with van der Waals surface area (Å²) in [6.45, 7) is 6.53. The standard InChI is InChI=1S/C28H34N2O5/c1-28(2,3)30(27(32)22-10-7-6-8-11-22)20-26(31)29(19-23-12-9-17-35-23)16-15-21-13-14-24(33-4)25(18-21)34-5/h6-14,17-18H,15-16,19-20H2,1-5H3. The summed E-state index contributed by atoms with van der Waals surface area (Å²) >= 11 is 0. The van der Waals surface area contributed by atoms with Gasteiger partial charge in [-0.3, -0.25) is 9.59 Å². The first-order valence-corrected chi connectivity index (χ1v) is 11.6.